The van der Waals surface area contributed by atoms with E-state index in [1.54, 1.807) is 19.4 Å². The maximum Gasteiger partial charge on any atom is 0.191 e. The van der Waals surface area contributed by atoms with Crippen LogP contribution in [0.25, 0.3) is 0 Å². The highest BCUT2D eigenvalue weighted by atomic mass is 16.5. The van der Waals surface area contributed by atoms with Crippen molar-refractivity contribution in [1.82, 2.24) is 15.6 Å². The first-order valence-corrected chi connectivity index (χ1v) is 8.49. The highest BCUT2D eigenvalue weighted by molar-refractivity contribution is 5.79. The number of rotatable bonds is 13. The fourth-order valence-corrected chi connectivity index (χ4v) is 1.80. The number of aliphatic imine (C=N–C) groups is 1. The van der Waals surface area contributed by atoms with Crippen LogP contribution in [0.3, 0.4) is 0 Å². The van der Waals surface area contributed by atoms with Gasteiger partial charge in [0, 0.05) is 26.4 Å². The molecule has 0 aliphatic heterocycles. The maximum absolute atomic E-state index is 5.55. The van der Waals surface area contributed by atoms with Gasteiger partial charge in [-0.25, -0.2) is 0 Å². The van der Waals surface area contributed by atoms with E-state index in [0.717, 1.165) is 31.2 Å². The molecule has 2 N–H and O–H groups in total. The van der Waals surface area contributed by atoms with Gasteiger partial charge in [-0.2, -0.15) is 0 Å². The van der Waals surface area contributed by atoms with Gasteiger partial charge in [-0.3, -0.25) is 9.98 Å². The number of hydrogen-bond acceptors (Lipinski definition) is 5. The number of ether oxygens (including phenoxy) is 3. The molecule has 0 saturated heterocycles. The van der Waals surface area contributed by atoms with Crippen LogP contribution >= 0.6 is 0 Å². The Balaban J connectivity index is 1.95. The Morgan fingerprint density at radius 2 is 1.83 bits per heavy atom. The molecule has 136 valence electrons. The summed E-state index contributed by atoms with van der Waals surface area (Å²) in [6, 6.07) is 3.72. The summed E-state index contributed by atoms with van der Waals surface area (Å²) in [7, 11) is 1.74. The van der Waals surface area contributed by atoms with Crippen molar-refractivity contribution in [1.29, 1.82) is 0 Å². The highest BCUT2D eigenvalue weighted by Gasteiger charge is 1.98. The van der Waals surface area contributed by atoms with E-state index in [2.05, 4.69) is 27.5 Å². The average molecular weight is 338 g/mol. The summed E-state index contributed by atoms with van der Waals surface area (Å²) in [4.78, 5) is 8.14. The Morgan fingerprint density at radius 1 is 1.08 bits per heavy atom. The van der Waals surface area contributed by atoms with Gasteiger partial charge in [0.2, 0.25) is 0 Å². The predicted octanol–water partition coefficient (Wildman–Crippen LogP) is 1.46. The molecule has 0 unspecified atom stereocenters. The summed E-state index contributed by atoms with van der Waals surface area (Å²) in [6.07, 6.45) is 5.67. The molecule has 0 aromatic carbocycles. The largest absolute Gasteiger partial charge is 0.490 e. The lowest BCUT2D eigenvalue weighted by Gasteiger charge is -2.12. The summed E-state index contributed by atoms with van der Waals surface area (Å²) in [5, 5.41) is 6.36. The molecule has 0 spiro atoms. The minimum absolute atomic E-state index is 0.540. The number of guanidine groups is 1. The molecular weight excluding hydrogens is 308 g/mol. The van der Waals surface area contributed by atoms with E-state index >= 15 is 0 Å². The second-order valence-electron chi connectivity index (χ2n) is 5.04. The minimum Gasteiger partial charge on any atom is -0.490 e. The number of aromatic nitrogens is 1. The molecule has 0 radical (unpaired) electrons. The number of pyridine rings is 1. The third kappa shape index (κ3) is 10.8. The van der Waals surface area contributed by atoms with Gasteiger partial charge in [0.15, 0.2) is 5.96 Å². The Kier molecular flexibility index (Phi) is 12.4. The van der Waals surface area contributed by atoms with Gasteiger partial charge in [-0.05, 0) is 18.6 Å². The van der Waals surface area contributed by atoms with Gasteiger partial charge in [0.1, 0.15) is 12.4 Å². The van der Waals surface area contributed by atoms with Gasteiger partial charge in [0.05, 0.1) is 32.6 Å². The Hall–Kier alpha value is -1.86. The van der Waals surface area contributed by atoms with Crippen LogP contribution in [0, 0.1) is 0 Å². The van der Waals surface area contributed by atoms with Gasteiger partial charge in [0.25, 0.3) is 0 Å². The number of nitrogens with zero attached hydrogens (tertiary/aromatic N) is 2. The van der Waals surface area contributed by atoms with Crippen molar-refractivity contribution in [2.24, 2.45) is 4.99 Å². The van der Waals surface area contributed by atoms with Gasteiger partial charge in [-0.15, -0.1) is 0 Å². The first kappa shape index (κ1) is 20.2. The van der Waals surface area contributed by atoms with Crippen molar-refractivity contribution in [3.05, 3.63) is 24.5 Å². The van der Waals surface area contributed by atoms with Crippen LogP contribution < -0.4 is 15.4 Å². The highest BCUT2D eigenvalue weighted by Crippen LogP contribution is 2.04. The summed E-state index contributed by atoms with van der Waals surface area (Å²) in [5.74, 6) is 1.49. The third-order valence-electron chi connectivity index (χ3n) is 3.07. The predicted molar refractivity (Wildman–Crippen MR) is 95.6 cm³/mol. The molecule has 0 bridgehead atoms. The lowest BCUT2D eigenvalue weighted by molar-refractivity contribution is 0.0487. The number of unbranched alkanes of at least 4 members (excludes halogenated alkanes) is 1. The van der Waals surface area contributed by atoms with Gasteiger partial charge < -0.3 is 24.8 Å². The van der Waals surface area contributed by atoms with Crippen LogP contribution in [-0.2, 0) is 9.47 Å². The molecule has 0 saturated carbocycles. The Morgan fingerprint density at radius 3 is 2.50 bits per heavy atom. The van der Waals surface area contributed by atoms with E-state index in [1.165, 1.54) is 0 Å². The summed E-state index contributed by atoms with van der Waals surface area (Å²) < 4.78 is 16.5. The molecule has 1 aromatic heterocycles. The van der Waals surface area contributed by atoms with Crippen LogP contribution in [0.4, 0.5) is 0 Å². The van der Waals surface area contributed by atoms with Crippen molar-refractivity contribution in [2.45, 2.75) is 19.8 Å². The van der Waals surface area contributed by atoms with E-state index in [-0.39, 0.29) is 0 Å². The molecule has 24 heavy (non-hydrogen) atoms. The zero-order valence-electron chi connectivity index (χ0n) is 14.8. The fraction of sp³-hybridized carbons (Fsp3) is 0.647. The summed E-state index contributed by atoms with van der Waals surface area (Å²) >= 11 is 0. The summed E-state index contributed by atoms with van der Waals surface area (Å²) in [6.45, 7) is 6.74. The quantitative estimate of drug-likeness (QED) is 0.322. The molecule has 0 aliphatic rings. The lowest BCUT2D eigenvalue weighted by Crippen LogP contribution is -2.40. The molecule has 0 aliphatic carbocycles. The van der Waals surface area contributed by atoms with Crippen molar-refractivity contribution in [2.75, 3.05) is 53.2 Å². The van der Waals surface area contributed by atoms with E-state index in [9.17, 15) is 0 Å². The monoisotopic (exact) mass is 338 g/mol. The zero-order chi connectivity index (χ0) is 17.3. The van der Waals surface area contributed by atoms with E-state index in [4.69, 9.17) is 14.2 Å². The molecule has 1 rings (SSSR count). The van der Waals surface area contributed by atoms with E-state index in [1.807, 2.05) is 12.1 Å². The molecule has 7 heteroatoms. The van der Waals surface area contributed by atoms with Crippen LogP contribution in [0.15, 0.2) is 29.5 Å². The molecule has 7 nitrogen and oxygen atoms in total. The Bertz CT molecular complexity index is 429. The average Bonchev–Trinajstić information content (AvgIpc) is 2.63. The van der Waals surface area contributed by atoms with Crippen LogP contribution in [0.2, 0.25) is 0 Å². The van der Waals surface area contributed by atoms with Crippen LogP contribution in [0.5, 0.6) is 5.75 Å². The molecule has 0 fully saturated rings. The van der Waals surface area contributed by atoms with Gasteiger partial charge >= 0.3 is 0 Å². The molecular formula is C17H30N4O3. The smallest absolute Gasteiger partial charge is 0.191 e. The zero-order valence-corrected chi connectivity index (χ0v) is 14.8. The Labute approximate surface area is 144 Å². The minimum atomic E-state index is 0.540. The van der Waals surface area contributed by atoms with Crippen molar-refractivity contribution in [3.8, 4) is 5.75 Å². The maximum atomic E-state index is 5.55. The number of hydrogen-bond donors (Lipinski definition) is 2. The fourth-order valence-electron chi connectivity index (χ4n) is 1.80. The molecule has 0 amide bonds. The molecule has 0 atom stereocenters. The van der Waals surface area contributed by atoms with Gasteiger partial charge in [-0.1, -0.05) is 13.3 Å². The van der Waals surface area contributed by atoms with Crippen molar-refractivity contribution >= 4 is 5.96 Å². The summed E-state index contributed by atoms with van der Waals surface area (Å²) in [5.41, 5.74) is 0. The lowest BCUT2D eigenvalue weighted by atomic mass is 10.4. The van der Waals surface area contributed by atoms with E-state index in [0.29, 0.717) is 39.5 Å². The first-order valence-electron chi connectivity index (χ1n) is 8.49. The van der Waals surface area contributed by atoms with Crippen LogP contribution in [-0.4, -0.2) is 64.1 Å². The van der Waals surface area contributed by atoms with E-state index < -0.39 is 0 Å². The van der Waals surface area contributed by atoms with Crippen molar-refractivity contribution < 1.29 is 14.2 Å². The number of nitrogens with one attached hydrogen (secondary N) is 2. The van der Waals surface area contributed by atoms with Crippen LogP contribution in [0.1, 0.15) is 19.8 Å². The topological polar surface area (TPSA) is 77.0 Å². The van der Waals surface area contributed by atoms with Crippen molar-refractivity contribution in [3.63, 3.8) is 0 Å². The molecule has 1 aromatic rings. The normalized spacial score (nSPS) is 11.3. The first-order chi connectivity index (χ1) is 11.9. The molecule has 1 heterocycles. The second kappa shape index (κ2) is 14.7. The standard InChI is InChI=1S/C17H30N4O3/c1-3-4-10-22-13-14-23-11-8-20-17(18-2)21-9-12-24-16-6-5-7-19-15-16/h5-7,15H,3-4,8-14H2,1-2H3,(H2,18,20,21). The second-order valence-corrected chi connectivity index (χ2v) is 5.04. The SMILES string of the molecule is CCCCOCCOCCNC(=NC)NCCOc1cccnc1. The third-order valence-corrected chi connectivity index (χ3v) is 3.07.